The fraction of sp³-hybridized carbons (Fsp3) is 0.878. The lowest BCUT2D eigenvalue weighted by atomic mass is 10.0. The number of hydrogen-bond acceptors (Lipinski definition) is 4. The second-order valence-corrected chi connectivity index (χ2v) is 13.9. The van der Waals surface area contributed by atoms with Crippen LogP contribution in [0.1, 0.15) is 206 Å². The summed E-state index contributed by atoms with van der Waals surface area (Å²) < 4.78 is 0. The normalized spacial score (nSPS) is 13.9. The van der Waals surface area contributed by atoms with Crippen LogP contribution in [0.2, 0.25) is 0 Å². The molecule has 46 heavy (non-hydrogen) atoms. The Bertz CT molecular complexity index is 679. The third kappa shape index (κ3) is 32.8. The van der Waals surface area contributed by atoms with E-state index in [2.05, 4.69) is 31.3 Å². The van der Waals surface area contributed by atoms with Crippen molar-refractivity contribution in [3.05, 3.63) is 24.3 Å². The van der Waals surface area contributed by atoms with Gasteiger partial charge in [-0.1, -0.05) is 179 Å². The molecule has 0 saturated heterocycles. The van der Waals surface area contributed by atoms with E-state index in [1.54, 1.807) is 6.08 Å². The minimum Gasteiger partial charge on any atom is -0.394 e. The van der Waals surface area contributed by atoms with E-state index in [4.69, 9.17) is 0 Å². The van der Waals surface area contributed by atoms with Gasteiger partial charge in [0.1, 0.15) is 0 Å². The van der Waals surface area contributed by atoms with Crippen LogP contribution >= 0.6 is 0 Å². The molecular formula is C41H79NO4. The first-order valence-electron chi connectivity index (χ1n) is 20.1. The molecule has 0 aliphatic carbocycles. The Morgan fingerprint density at radius 3 is 1.37 bits per heavy atom. The summed E-state index contributed by atoms with van der Waals surface area (Å²) in [6.07, 6.45) is 43.2. The number of allylic oxidation sites excluding steroid dienone is 3. The highest BCUT2D eigenvalue weighted by molar-refractivity contribution is 5.76. The molecule has 0 saturated carbocycles. The zero-order valence-corrected chi connectivity index (χ0v) is 30.7. The van der Waals surface area contributed by atoms with Crippen molar-refractivity contribution in [3.63, 3.8) is 0 Å². The highest BCUT2D eigenvalue weighted by Gasteiger charge is 2.20. The standard InChI is InChI=1S/C41H79NO4/c1-3-5-7-9-11-13-15-16-17-18-19-20-21-22-23-24-25-27-29-31-33-35-40(45)39(37-43)42-41(46)36-38(44)34-32-30-28-26-14-12-10-8-6-4-2/h12,14,33,35,38-40,43-45H,3-11,13,15-32,34,36-37H2,1-2H3,(H,42,46)/b14-12-,35-33+. The van der Waals surface area contributed by atoms with Gasteiger partial charge in [-0.2, -0.15) is 0 Å². The summed E-state index contributed by atoms with van der Waals surface area (Å²) >= 11 is 0. The van der Waals surface area contributed by atoms with E-state index in [9.17, 15) is 20.1 Å². The lowest BCUT2D eigenvalue weighted by Gasteiger charge is -2.21. The Balaban J connectivity index is 3.66. The summed E-state index contributed by atoms with van der Waals surface area (Å²) in [5.41, 5.74) is 0. The van der Waals surface area contributed by atoms with Gasteiger partial charge in [0, 0.05) is 0 Å². The van der Waals surface area contributed by atoms with Crippen molar-refractivity contribution in [1.29, 1.82) is 0 Å². The molecule has 0 aromatic rings. The SMILES string of the molecule is CCCCC/C=C\CCCCCC(O)CC(=O)NC(CO)C(O)/C=C/CCCCCCCCCCCCCCCCCCCCC. The second-order valence-electron chi connectivity index (χ2n) is 13.9. The monoisotopic (exact) mass is 650 g/mol. The molecule has 3 unspecified atom stereocenters. The van der Waals surface area contributed by atoms with Gasteiger partial charge in [-0.3, -0.25) is 4.79 Å². The van der Waals surface area contributed by atoms with Gasteiger partial charge in [-0.05, 0) is 44.9 Å². The molecule has 1 amide bonds. The molecule has 0 aromatic carbocycles. The lowest BCUT2D eigenvalue weighted by Crippen LogP contribution is -2.45. The van der Waals surface area contributed by atoms with Crippen LogP contribution < -0.4 is 5.32 Å². The fourth-order valence-corrected chi connectivity index (χ4v) is 6.10. The molecule has 0 spiro atoms. The van der Waals surface area contributed by atoms with Gasteiger partial charge in [-0.15, -0.1) is 0 Å². The van der Waals surface area contributed by atoms with E-state index in [1.165, 1.54) is 141 Å². The van der Waals surface area contributed by atoms with Crippen LogP contribution in [0.25, 0.3) is 0 Å². The first-order valence-corrected chi connectivity index (χ1v) is 20.1. The average Bonchev–Trinajstić information content (AvgIpc) is 3.05. The Morgan fingerprint density at radius 2 is 0.913 bits per heavy atom. The van der Waals surface area contributed by atoms with E-state index in [0.717, 1.165) is 38.5 Å². The predicted octanol–water partition coefficient (Wildman–Crippen LogP) is 11.0. The van der Waals surface area contributed by atoms with Crippen molar-refractivity contribution in [2.75, 3.05) is 6.61 Å². The van der Waals surface area contributed by atoms with Crippen molar-refractivity contribution in [1.82, 2.24) is 5.32 Å². The molecule has 0 heterocycles. The molecule has 5 nitrogen and oxygen atoms in total. The van der Waals surface area contributed by atoms with Gasteiger partial charge >= 0.3 is 0 Å². The van der Waals surface area contributed by atoms with Crippen LogP contribution in [0.4, 0.5) is 0 Å². The number of aliphatic hydroxyl groups excluding tert-OH is 3. The smallest absolute Gasteiger partial charge is 0.222 e. The molecule has 272 valence electrons. The molecule has 0 radical (unpaired) electrons. The van der Waals surface area contributed by atoms with Crippen LogP contribution in [0.3, 0.4) is 0 Å². The third-order valence-corrected chi connectivity index (χ3v) is 9.23. The molecule has 0 aromatic heterocycles. The molecule has 4 N–H and O–H groups in total. The molecule has 3 atom stereocenters. The van der Waals surface area contributed by atoms with E-state index in [0.29, 0.717) is 6.42 Å². The average molecular weight is 650 g/mol. The van der Waals surface area contributed by atoms with Crippen molar-refractivity contribution in [2.24, 2.45) is 0 Å². The molecule has 0 aliphatic rings. The summed E-state index contributed by atoms with van der Waals surface area (Å²) in [4.78, 5) is 12.3. The Labute approximate surface area is 286 Å². The number of aliphatic hydroxyl groups is 3. The van der Waals surface area contributed by atoms with Crippen LogP contribution in [-0.2, 0) is 4.79 Å². The van der Waals surface area contributed by atoms with Crippen LogP contribution in [0, 0.1) is 0 Å². The van der Waals surface area contributed by atoms with Crippen molar-refractivity contribution in [3.8, 4) is 0 Å². The Hall–Kier alpha value is -1.17. The molecule has 5 heteroatoms. The summed E-state index contributed by atoms with van der Waals surface area (Å²) in [6.45, 7) is 4.17. The summed E-state index contributed by atoms with van der Waals surface area (Å²) in [5.74, 6) is -0.326. The molecule has 0 fully saturated rings. The lowest BCUT2D eigenvalue weighted by molar-refractivity contribution is -0.124. The van der Waals surface area contributed by atoms with Crippen molar-refractivity contribution >= 4 is 5.91 Å². The minimum atomic E-state index is -0.929. The van der Waals surface area contributed by atoms with E-state index < -0.39 is 18.2 Å². The number of amides is 1. The maximum Gasteiger partial charge on any atom is 0.222 e. The summed E-state index contributed by atoms with van der Waals surface area (Å²) in [5, 5.41) is 33.0. The van der Waals surface area contributed by atoms with Gasteiger partial charge in [-0.25, -0.2) is 0 Å². The minimum absolute atomic E-state index is 0.00359. The van der Waals surface area contributed by atoms with Crippen LogP contribution in [0.15, 0.2) is 24.3 Å². The quantitative estimate of drug-likeness (QED) is 0.0401. The zero-order valence-electron chi connectivity index (χ0n) is 30.7. The van der Waals surface area contributed by atoms with Gasteiger partial charge in [0.2, 0.25) is 5.91 Å². The molecule has 0 aliphatic heterocycles. The number of rotatable bonds is 36. The topological polar surface area (TPSA) is 89.8 Å². The number of carbonyl (C=O) groups is 1. The molecule has 0 rings (SSSR count). The van der Waals surface area contributed by atoms with Gasteiger partial charge in [0.05, 0.1) is 31.3 Å². The first kappa shape index (κ1) is 44.8. The summed E-state index contributed by atoms with van der Waals surface area (Å²) in [6, 6.07) is -0.745. The largest absolute Gasteiger partial charge is 0.394 e. The summed E-state index contributed by atoms with van der Waals surface area (Å²) in [7, 11) is 0. The highest BCUT2D eigenvalue weighted by Crippen LogP contribution is 2.15. The van der Waals surface area contributed by atoms with E-state index in [1.807, 2.05) is 6.08 Å². The number of hydrogen-bond donors (Lipinski definition) is 4. The van der Waals surface area contributed by atoms with Crippen LogP contribution in [-0.4, -0.2) is 46.1 Å². The third-order valence-electron chi connectivity index (χ3n) is 9.23. The highest BCUT2D eigenvalue weighted by atomic mass is 16.3. The zero-order chi connectivity index (χ0) is 33.8. The van der Waals surface area contributed by atoms with Crippen molar-refractivity contribution in [2.45, 2.75) is 225 Å². The van der Waals surface area contributed by atoms with Gasteiger partial charge in [0.15, 0.2) is 0 Å². The van der Waals surface area contributed by atoms with Gasteiger partial charge < -0.3 is 20.6 Å². The fourth-order valence-electron chi connectivity index (χ4n) is 6.10. The second kappa shape index (κ2) is 36.7. The number of nitrogens with one attached hydrogen (secondary N) is 1. The number of unbranched alkanes of at least 4 members (excludes halogenated alkanes) is 25. The van der Waals surface area contributed by atoms with Crippen LogP contribution in [0.5, 0.6) is 0 Å². The molecular weight excluding hydrogens is 570 g/mol. The Kier molecular flexibility index (Phi) is 35.7. The number of carbonyl (C=O) groups excluding carboxylic acids is 1. The first-order chi connectivity index (χ1) is 22.5. The predicted molar refractivity (Wildman–Crippen MR) is 199 cm³/mol. The van der Waals surface area contributed by atoms with Crippen molar-refractivity contribution < 1.29 is 20.1 Å². The maximum absolute atomic E-state index is 12.3. The van der Waals surface area contributed by atoms with Gasteiger partial charge in [0.25, 0.3) is 0 Å². The Morgan fingerprint density at radius 1 is 0.543 bits per heavy atom. The maximum atomic E-state index is 12.3. The van der Waals surface area contributed by atoms with E-state index in [-0.39, 0.29) is 18.9 Å². The van der Waals surface area contributed by atoms with E-state index >= 15 is 0 Å². The molecule has 0 bridgehead atoms.